The molecule has 1 N–H and O–H groups in total. The molecular weight excluding hydrogens is 298 g/mol. The second kappa shape index (κ2) is 6.39. The minimum absolute atomic E-state index is 0.132. The minimum Gasteiger partial charge on any atom is -0.454 e. The Hall–Kier alpha value is -3.02. The number of amides is 1. The van der Waals surface area contributed by atoms with Gasteiger partial charge < -0.3 is 19.5 Å². The van der Waals surface area contributed by atoms with E-state index in [0.29, 0.717) is 22.7 Å². The number of esters is 1. The normalized spacial score (nSPS) is 11.9. The number of carbonyl (C=O) groups excluding carboxylic acids is 2. The SMILES string of the molecule is Cc1ccccc1NC(=O)COC(=O)c1ccc2c(c1)OCO2. The number of anilines is 1. The lowest BCUT2D eigenvalue weighted by Crippen LogP contribution is -2.21. The monoisotopic (exact) mass is 313 g/mol. The summed E-state index contributed by atoms with van der Waals surface area (Å²) >= 11 is 0. The average molecular weight is 313 g/mol. The smallest absolute Gasteiger partial charge is 0.338 e. The largest absolute Gasteiger partial charge is 0.454 e. The molecule has 3 rings (SSSR count). The fourth-order valence-corrected chi connectivity index (χ4v) is 2.14. The van der Waals surface area contributed by atoms with E-state index in [1.165, 1.54) is 6.07 Å². The first-order chi connectivity index (χ1) is 11.1. The lowest BCUT2D eigenvalue weighted by molar-refractivity contribution is -0.119. The number of para-hydroxylation sites is 1. The molecule has 0 bridgehead atoms. The van der Waals surface area contributed by atoms with Gasteiger partial charge in [0.2, 0.25) is 6.79 Å². The summed E-state index contributed by atoms with van der Waals surface area (Å²) in [6.07, 6.45) is 0. The van der Waals surface area contributed by atoms with Gasteiger partial charge in [-0.15, -0.1) is 0 Å². The predicted molar refractivity (Wildman–Crippen MR) is 82.7 cm³/mol. The maximum Gasteiger partial charge on any atom is 0.338 e. The summed E-state index contributed by atoms with van der Waals surface area (Å²) in [6, 6.07) is 12.1. The zero-order valence-electron chi connectivity index (χ0n) is 12.5. The molecule has 1 amide bonds. The predicted octanol–water partition coefficient (Wildman–Crippen LogP) is 2.52. The van der Waals surface area contributed by atoms with Crippen LogP contribution in [0.2, 0.25) is 0 Å². The first-order valence-corrected chi connectivity index (χ1v) is 7.06. The summed E-state index contributed by atoms with van der Waals surface area (Å²) in [6.45, 7) is 1.66. The van der Waals surface area contributed by atoms with Gasteiger partial charge in [0.25, 0.3) is 5.91 Å². The minimum atomic E-state index is -0.594. The number of fused-ring (bicyclic) bond motifs is 1. The van der Waals surface area contributed by atoms with E-state index in [2.05, 4.69) is 5.32 Å². The summed E-state index contributed by atoms with van der Waals surface area (Å²) in [5.41, 5.74) is 1.93. The van der Waals surface area contributed by atoms with Crippen molar-refractivity contribution < 1.29 is 23.8 Å². The van der Waals surface area contributed by atoms with Crippen molar-refractivity contribution in [3.05, 3.63) is 53.6 Å². The third-order valence-electron chi connectivity index (χ3n) is 3.36. The molecule has 0 saturated heterocycles. The number of aryl methyl sites for hydroxylation is 1. The van der Waals surface area contributed by atoms with E-state index >= 15 is 0 Å². The lowest BCUT2D eigenvalue weighted by atomic mass is 10.2. The number of ether oxygens (including phenoxy) is 3. The quantitative estimate of drug-likeness (QED) is 0.878. The summed E-state index contributed by atoms with van der Waals surface area (Å²) in [5, 5.41) is 2.70. The number of rotatable bonds is 4. The summed E-state index contributed by atoms with van der Waals surface area (Å²) < 4.78 is 15.4. The van der Waals surface area contributed by atoms with Gasteiger partial charge in [-0.05, 0) is 36.8 Å². The van der Waals surface area contributed by atoms with E-state index in [1.54, 1.807) is 18.2 Å². The van der Waals surface area contributed by atoms with Crippen molar-refractivity contribution in [2.45, 2.75) is 6.92 Å². The van der Waals surface area contributed by atoms with E-state index in [4.69, 9.17) is 14.2 Å². The van der Waals surface area contributed by atoms with Crippen LogP contribution in [0.3, 0.4) is 0 Å². The van der Waals surface area contributed by atoms with Gasteiger partial charge >= 0.3 is 5.97 Å². The third kappa shape index (κ3) is 3.42. The zero-order valence-corrected chi connectivity index (χ0v) is 12.5. The number of benzene rings is 2. The third-order valence-corrected chi connectivity index (χ3v) is 3.36. The number of hydrogen-bond donors (Lipinski definition) is 1. The van der Waals surface area contributed by atoms with Crippen LogP contribution in [0.5, 0.6) is 11.5 Å². The molecule has 0 spiro atoms. The van der Waals surface area contributed by atoms with E-state index in [-0.39, 0.29) is 13.4 Å². The number of nitrogens with one attached hydrogen (secondary N) is 1. The Morgan fingerprint density at radius 2 is 1.91 bits per heavy atom. The second-order valence-electron chi connectivity index (χ2n) is 5.01. The van der Waals surface area contributed by atoms with Gasteiger partial charge in [0.05, 0.1) is 5.56 Å². The van der Waals surface area contributed by atoms with E-state index in [0.717, 1.165) is 5.56 Å². The molecule has 0 saturated carbocycles. The lowest BCUT2D eigenvalue weighted by Gasteiger charge is -2.09. The van der Waals surface area contributed by atoms with Crippen molar-refractivity contribution in [3.63, 3.8) is 0 Å². The maximum atomic E-state index is 12.0. The Morgan fingerprint density at radius 3 is 2.74 bits per heavy atom. The molecule has 2 aromatic carbocycles. The number of carbonyl (C=O) groups is 2. The Kier molecular flexibility index (Phi) is 4.14. The van der Waals surface area contributed by atoms with Crippen LogP contribution in [0, 0.1) is 6.92 Å². The molecule has 6 nitrogen and oxygen atoms in total. The molecule has 1 heterocycles. The molecule has 1 aliphatic heterocycles. The molecule has 0 radical (unpaired) electrons. The molecular formula is C17H15NO5. The van der Waals surface area contributed by atoms with Gasteiger partial charge in [-0.3, -0.25) is 4.79 Å². The summed E-state index contributed by atoms with van der Waals surface area (Å²) in [4.78, 5) is 23.8. The maximum absolute atomic E-state index is 12.0. The molecule has 23 heavy (non-hydrogen) atoms. The summed E-state index contributed by atoms with van der Waals surface area (Å²) in [7, 11) is 0. The van der Waals surface area contributed by atoms with Crippen LogP contribution in [-0.2, 0) is 9.53 Å². The van der Waals surface area contributed by atoms with Gasteiger partial charge in [0.1, 0.15) is 0 Å². The van der Waals surface area contributed by atoms with Crippen molar-refractivity contribution in [2.75, 3.05) is 18.7 Å². The van der Waals surface area contributed by atoms with Crippen LogP contribution in [0.15, 0.2) is 42.5 Å². The highest BCUT2D eigenvalue weighted by atomic mass is 16.7. The molecule has 0 atom stereocenters. The highest BCUT2D eigenvalue weighted by Crippen LogP contribution is 2.32. The van der Waals surface area contributed by atoms with Gasteiger partial charge in [-0.1, -0.05) is 18.2 Å². The molecule has 0 aromatic heterocycles. The van der Waals surface area contributed by atoms with Crippen LogP contribution >= 0.6 is 0 Å². The Bertz CT molecular complexity index is 756. The molecule has 0 unspecified atom stereocenters. The van der Waals surface area contributed by atoms with Crippen LogP contribution in [0.4, 0.5) is 5.69 Å². The number of hydrogen-bond acceptors (Lipinski definition) is 5. The van der Waals surface area contributed by atoms with Crippen molar-refractivity contribution in [2.24, 2.45) is 0 Å². The molecule has 1 aliphatic rings. The Morgan fingerprint density at radius 1 is 1.13 bits per heavy atom. The van der Waals surface area contributed by atoms with Gasteiger partial charge in [-0.2, -0.15) is 0 Å². The topological polar surface area (TPSA) is 73.9 Å². The van der Waals surface area contributed by atoms with Crippen molar-refractivity contribution in [1.82, 2.24) is 0 Å². The van der Waals surface area contributed by atoms with Gasteiger partial charge in [0, 0.05) is 5.69 Å². The Balaban J connectivity index is 1.56. The van der Waals surface area contributed by atoms with Crippen LogP contribution in [0.1, 0.15) is 15.9 Å². The van der Waals surface area contributed by atoms with E-state index < -0.39 is 11.9 Å². The van der Waals surface area contributed by atoms with Crippen LogP contribution in [0.25, 0.3) is 0 Å². The first-order valence-electron chi connectivity index (χ1n) is 7.06. The molecule has 0 fully saturated rings. The van der Waals surface area contributed by atoms with Crippen molar-refractivity contribution in [1.29, 1.82) is 0 Å². The molecule has 0 aliphatic carbocycles. The average Bonchev–Trinajstić information content (AvgIpc) is 3.02. The standard InChI is InChI=1S/C17H15NO5/c1-11-4-2-3-5-13(11)18-16(19)9-21-17(20)12-6-7-14-15(8-12)23-10-22-14/h2-8H,9-10H2,1H3,(H,18,19). The molecule has 2 aromatic rings. The Labute approximate surface area is 133 Å². The van der Waals surface area contributed by atoms with Gasteiger partial charge in [-0.25, -0.2) is 4.79 Å². The second-order valence-corrected chi connectivity index (χ2v) is 5.01. The van der Waals surface area contributed by atoms with Crippen LogP contribution in [-0.4, -0.2) is 25.3 Å². The highest BCUT2D eigenvalue weighted by Gasteiger charge is 2.17. The van der Waals surface area contributed by atoms with Gasteiger partial charge in [0.15, 0.2) is 18.1 Å². The fourth-order valence-electron chi connectivity index (χ4n) is 2.14. The van der Waals surface area contributed by atoms with Crippen molar-refractivity contribution in [3.8, 4) is 11.5 Å². The zero-order chi connectivity index (χ0) is 16.2. The van der Waals surface area contributed by atoms with Crippen molar-refractivity contribution >= 4 is 17.6 Å². The van der Waals surface area contributed by atoms with Crippen LogP contribution < -0.4 is 14.8 Å². The molecule has 6 heteroatoms. The fraction of sp³-hybridized carbons (Fsp3) is 0.176. The molecule has 118 valence electrons. The highest BCUT2D eigenvalue weighted by molar-refractivity contribution is 5.96. The summed E-state index contributed by atoms with van der Waals surface area (Å²) in [5.74, 6) is 0.0827. The first kappa shape index (κ1) is 14.9. The van der Waals surface area contributed by atoms with E-state index in [1.807, 2.05) is 25.1 Å². The van der Waals surface area contributed by atoms with E-state index in [9.17, 15) is 9.59 Å².